The molecule has 0 radical (unpaired) electrons. The van der Waals surface area contributed by atoms with Crippen LogP contribution in [0.1, 0.15) is 39.5 Å². The summed E-state index contributed by atoms with van der Waals surface area (Å²) in [6.45, 7) is 8.06. The topological polar surface area (TPSA) is 27.6 Å². The van der Waals surface area contributed by atoms with Crippen LogP contribution in [0.4, 0.5) is 0 Å². The summed E-state index contributed by atoms with van der Waals surface area (Å²) in [6.07, 6.45) is 5.80. The van der Waals surface area contributed by atoms with Crippen LogP contribution in [0.15, 0.2) is 4.99 Å². The molecule has 3 rings (SSSR count). The Balaban J connectivity index is 1.55. The van der Waals surface area contributed by atoms with Crippen molar-refractivity contribution in [3.8, 4) is 0 Å². The Kier molecular flexibility index (Phi) is 3.48. The highest BCUT2D eigenvalue weighted by Crippen LogP contribution is 2.60. The minimum Gasteiger partial charge on any atom is -0.356 e. The summed E-state index contributed by atoms with van der Waals surface area (Å²) in [5.41, 5.74) is 0.649. The molecule has 108 valence electrons. The fraction of sp³-hybridized carbons (Fsp3) is 0.933. The van der Waals surface area contributed by atoms with Gasteiger partial charge in [-0.05, 0) is 50.9 Å². The van der Waals surface area contributed by atoms with E-state index in [9.17, 15) is 0 Å². The van der Waals surface area contributed by atoms with Crippen LogP contribution in [0.3, 0.4) is 0 Å². The minimum atomic E-state index is 0.351. The van der Waals surface area contributed by atoms with Crippen molar-refractivity contribution in [2.45, 2.75) is 44.3 Å². The molecule has 3 fully saturated rings. The van der Waals surface area contributed by atoms with Crippen molar-refractivity contribution < 1.29 is 0 Å². The van der Waals surface area contributed by atoms with Gasteiger partial charge in [-0.2, -0.15) is 11.8 Å². The molecule has 4 heteroatoms. The SMILES string of the molecule is CN=C(NCC1(C2CC2)CC1)N1CCSC(C)(C)C1. The van der Waals surface area contributed by atoms with Crippen LogP contribution < -0.4 is 5.32 Å². The summed E-state index contributed by atoms with van der Waals surface area (Å²) in [5.74, 6) is 3.35. The van der Waals surface area contributed by atoms with E-state index >= 15 is 0 Å². The van der Waals surface area contributed by atoms with Crippen molar-refractivity contribution in [1.29, 1.82) is 0 Å². The Hall–Kier alpha value is -0.380. The molecule has 0 atom stereocenters. The van der Waals surface area contributed by atoms with Gasteiger partial charge in [0.05, 0.1) is 0 Å². The smallest absolute Gasteiger partial charge is 0.193 e. The zero-order valence-electron chi connectivity index (χ0n) is 12.5. The van der Waals surface area contributed by atoms with E-state index in [1.807, 2.05) is 7.05 Å². The number of aliphatic imine (C=N–C) groups is 1. The van der Waals surface area contributed by atoms with E-state index in [1.54, 1.807) is 0 Å². The summed E-state index contributed by atoms with van der Waals surface area (Å²) in [4.78, 5) is 6.95. The van der Waals surface area contributed by atoms with Crippen LogP contribution in [0.25, 0.3) is 0 Å². The lowest BCUT2D eigenvalue weighted by molar-refractivity contribution is 0.362. The summed E-state index contributed by atoms with van der Waals surface area (Å²) in [6, 6.07) is 0. The molecule has 0 aromatic rings. The maximum Gasteiger partial charge on any atom is 0.193 e. The van der Waals surface area contributed by atoms with Crippen LogP contribution in [0.5, 0.6) is 0 Å². The van der Waals surface area contributed by atoms with Gasteiger partial charge in [-0.1, -0.05) is 0 Å². The molecule has 1 N–H and O–H groups in total. The number of rotatable bonds is 3. The van der Waals surface area contributed by atoms with Gasteiger partial charge in [0, 0.05) is 37.2 Å². The normalized spacial score (nSPS) is 29.2. The van der Waals surface area contributed by atoms with Crippen molar-refractivity contribution in [3.63, 3.8) is 0 Å². The van der Waals surface area contributed by atoms with Crippen molar-refractivity contribution in [2.24, 2.45) is 16.3 Å². The molecule has 0 bridgehead atoms. The molecule has 19 heavy (non-hydrogen) atoms. The molecule has 3 aliphatic rings. The maximum absolute atomic E-state index is 4.51. The highest BCUT2D eigenvalue weighted by molar-refractivity contribution is 8.00. The first kappa shape index (κ1) is 13.6. The van der Waals surface area contributed by atoms with Gasteiger partial charge in [-0.15, -0.1) is 0 Å². The molecule has 2 saturated carbocycles. The maximum atomic E-state index is 4.51. The van der Waals surface area contributed by atoms with E-state index in [0.29, 0.717) is 10.2 Å². The molecule has 1 saturated heterocycles. The number of guanidine groups is 1. The molecule has 2 aliphatic carbocycles. The molecule has 0 unspecified atom stereocenters. The largest absolute Gasteiger partial charge is 0.356 e. The second-order valence-electron chi connectivity index (χ2n) is 7.07. The van der Waals surface area contributed by atoms with Gasteiger partial charge >= 0.3 is 0 Å². The van der Waals surface area contributed by atoms with Crippen LogP contribution in [-0.4, -0.2) is 48.0 Å². The Labute approximate surface area is 121 Å². The highest BCUT2D eigenvalue weighted by atomic mass is 32.2. The highest BCUT2D eigenvalue weighted by Gasteiger charge is 2.53. The number of nitrogens with one attached hydrogen (secondary N) is 1. The van der Waals surface area contributed by atoms with Crippen molar-refractivity contribution in [2.75, 3.05) is 32.4 Å². The predicted octanol–water partition coefficient (Wildman–Crippen LogP) is 2.58. The van der Waals surface area contributed by atoms with Gasteiger partial charge in [0.2, 0.25) is 0 Å². The predicted molar refractivity (Wildman–Crippen MR) is 83.9 cm³/mol. The van der Waals surface area contributed by atoms with Gasteiger partial charge in [0.1, 0.15) is 0 Å². The Bertz CT molecular complexity index is 370. The van der Waals surface area contributed by atoms with E-state index in [2.05, 4.69) is 40.8 Å². The molecule has 1 aliphatic heterocycles. The quantitative estimate of drug-likeness (QED) is 0.636. The van der Waals surface area contributed by atoms with Crippen LogP contribution in [-0.2, 0) is 0 Å². The summed E-state index contributed by atoms with van der Waals surface area (Å²) >= 11 is 2.08. The van der Waals surface area contributed by atoms with E-state index in [1.165, 1.54) is 31.4 Å². The second kappa shape index (κ2) is 4.87. The Morgan fingerprint density at radius 2 is 2.11 bits per heavy atom. The lowest BCUT2D eigenvalue weighted by Gasteiger charge is -2.39. The monoisotopic (exact) mass is 281 g/mol. The Morgan fingerprint density at radius 1 is 1.37 bits per heavy atom. The van der Waals surface area contributed by atoms with Gasteiger partial charge in [-0.25, -0.2) is 0 Å². The molecule has 0 aromatic carbocycles. The van der Waals surface area contributed by atoms with Crippen molar-refractivity contribution >= 4 is 17.7 Å². The molecular weight excluding hydrogens is 254 g/mol. The average molecular weight is 281 g/mol. The van der Waals surface area contributed by atoms with Crippen LogP contribution in [0.2, 0.25) is 0 Å². The van der Waals surface area contributed by atoms with Gasteiger partial charge in [-0.3, -0.25) is 4.99 Å². The van der Waals surface area contributed by atoms with Crippen molar-refractivity contribution in [1.82, 2.24) is 10.2 Å². The summed E-state index contributed by atoms with van der Waals surface area (Å²) < 4.78 is 0.351. The van der Waals surface area contributed by atoms with Gasteiger partial charge in [0.25, 0.3) is 0 Å². The van der Waals surface area contributed by atoms with Crippen molar-refractivity contribution in [3.05, 3.63) is 0 Å². The van der Waals surface area contributed by atoms with E-state index in [0.717, 1.165) is 31.5 Å². The standard InChI is InChI=1S/C15H27N3S/c1-14(2)11-18(8-9-19-14)13(16-3)17-10-15(6-7-15)12-4-5-12/h12H,4-11H2,1-3H3,(H,16,17). The number of hydrogen-bond acceptors (Lipinski definition) is 2. The lowest BCUT2D eigenvalue weighted by atomic mass is 10.0. The van der Waals surface area contributed by atoms with E-state index < -0.39 is 0 Å². The first-order valence-corrected chi connectivity index (χ1v) is 8.63. The zero-order chi connectivity index (χ0) is 13.5. The van der Waals surface area contributed by atoms with E-state index in [-0.39, 0.29) is 0 Å². The third-order valence-corrected chi connectivity index (χ3v) is 6.17. The van der Waals surface area contributed by atoms with Crippen LogP contribution in [0, 0.1) is 11.3 Å². The first-order chi connectivity index (χ1) is 9.05. The fourth-order valence-corrected chi connectivity index (χ4v) is 4.48. The number of nitrogens with zero attached hydrogens (tertiary/aromatic N) is 2. The molecule has 0 spiro atoms. The summed E-state index contributed by atoms with van der Waals surface area (Å²) in [7, 11) is 1.92. The molecule has 0 aromatic heterocycles. The van der Waals surface area contributed by atoms with Crippen LogP contribution >= 0.6 is 11.8 Å². The number of thioether (sulfide) groups is 1. The molecule has 3 nitrogen and oxygen atoms in total. The number of hydrogen-bond donors (Lipinski definition) is 1. The minimum absolute atomic E-state index is 0.351. The summed E-state index contributed by atoms with van der Waals surface area (Å²) in [5, 5.41) is 3.67. The zero-order valence-corrected chi connectivity index (χ0v) is 13.4. The average Bonchev–Trinajstić information content (AvgIpc) is 3.23. The van der Waals surface area contributed by atoms with Gasteiger partial charge in [0.15, 0.2) is 5.96 Å². The molecule has 1 heterocycles. The molecular formula is C15H27N3S. The second-order valence-corrected chi connectivity index (χ2v) is 8.87. The van der Waals surface area contributed by atoms with Gasteiger partial charge < -0.3 is 10.2 Å². The fourth-order valence-electron chi connectivity index (χ4n) is 3.37. The molecule has 0 amide bonds. The Morgan fingerprint density at radius 3 is 2.63 bits per heavy atom. The van der Waals surface area contributed by atoms with E-state index in [4.69, 9.17) is 0 Å². The third kappa shape index (κ3) is 3.04. The lowest BCUT2D eigenvalue weighted by Crippen LogP contribution is -2.51. The third-order valence-electron chi connectivity index (χ3n) is 4.87. The first-order valence-electron chi connectivity index (χ1n) is 7.64.